The van der Waals surface area contributed by atoms with Gasteiger partial charge in [0.25, 0.3) is 11.6 Å². The molecular formula is C20H19N3O4S. The zero-order valence-corrected chi connectivity index (χ0v) is 16.5. The van der Waals surface area contributed by atoms with Gasteiger partial charge in [0.1, 0.15) is 16.4 Å². The van der Waals surface area contributed by atoms with Crippen molar-refractivity contribution in [2.24, 2.45) is 0 Å². The number of benzene rings is 2. The molecule has 0 atom stereocenters. The van der Waals surface area contributed by atoms with E-state index in [0.717, 1.165) is 21.8 Å². The van der Waals surface area contributed by atoms with Crippen LogP contribution < -0.4 is 10.1 Å². The number of nitrogens with zero attached hydrogens (tertiary/aromatic N) is 2. The van der Waals surface area contributed by atoms with Crippen molar-refractivity contribution in [3.8, 4) is 16.3 Å². The first-order chi connectivity index (χ1) is 13.3. The van der Waals surface area contributed by atoms with Crippen molar-refractivity contribution < 1.29 is 14.5 Å². The van der Waals surface area contributed by atoms with Crippen LogP contribution in [0, 0.1) is 30.9 Å². The van der Waals surface area contributed by atoms with Crippen molar-refractivity contribution >= 4 is 28.6 Å². The van der Waals surface area contributed by atoms with Gasteiger partial charge in [0.15, 0.2) is 6.61 Å². The fourth-order valence-corrected chi connectivity index (χ4v) is 3.42. The lowest BCUT2D eigenvalue weighted by Gasteiger charge is -2.12. The highest BCUT2D eigenvalue weighted by molar-refractivity contribution is 7.13. The summed E-state index contributed by atoms with van der Waals surface area (Å²) in [6.07, 6.45) is 0. The average Bonchev–Trinajstić information content (AvgIpc) is 3.10. The second-order valence-corrected chi connectivity index (χ2v) is 7.17. The van der Waals surface area contributed by atoms with Gasteiger partial charge in [0, 0.05) is 22.7 Å². The Hall–Kier alpha value is -3.26. The topological polar surface area (TPSA) is 94.4 Å². The van der Waals surface area contributed by atoms with E-state index in [1.54, 1.807) is 36.5 Å². The van der Waals surface area contributed by atoms with Crippen molar-refractivity contribution in [3.63, 3.8) is 0 Å². The Kier molecular flexibility index (Phi) is 5.70. The molecule has 0 radical (unpaired) electrons. The van der Waals surface area contributed by atoms with Gasteiger partial charge in [-0.1, -0.05) is 6.07 Å². The summed E-state index contributed by atoms with van der Waals surface area (Å²) >= 11 is 1.56. The lowest BCUT2D eigenvalue weighted by atomic mass is 10.1. The number of anilines is 1. The fourth-order valence-electron chi connectivity index (χ4n) is 2.62. The van der Waals surface area contributed by atoms with E-state index in [1.807, 2.05) is 31.4 Å². The summed E-state index contributed by atoms with van der Waals surface area (Å²) in [7, 11) is 0. The Morgan fingerprint density at radius 1 is 1.18 bits per heavy atom. The van der Waals surface area contributed by atoms with E-state index in [1.165, 1.54) is 6.07 Å². The van der Waals surface area contributed by atoms with Crippen LogP contribution in [0.5, 0.6) is 5.75 Å². The summed E-state index contributed by atoms with van der Waals surface area (Å²) in [5, 5.41) is 16.7. The SMILES string of the molecule is Cc1csc(-c2ccc(OCC(=O)Nc3c([N+](=O)[O-])ccc(C)c3C)cc2)n1. The van der Waals surface area contributed by atoms with Gasteiger partial charge >= 0.3 is 0 Å². The fraction of sp³-hybridized carbons (Fsp3) is 0.200. The standard InChI is InChI=1S/C20H19N3O4S/c1-12-4-9-17(23(25)26)19(14(12)3)22-18(24)10-27-16-7-5-15(6-8-16)20-21-13(2)11-28-20/h4-9,11H,10H2,1-3H3,(H,22,24). The third-order valence-corrected chi connectivity index (χ3v) is 5.27. The Labute approximate surface area is 166 Å². The van der Waals surface area contributed by atoms with Crippen LogP contribution in [0.2, 0.25) is 0 Å². The molecule has 0 aliphatic rings. The Balaban J connectivity index is 1.65. The Morgan fingerprint density at radius 2 is 1.89 bits per heavy atom. The third kappa shape index (κ3) is 4.34. The number of hydrogen-bond acceptors (Lipinski definition) is 6. The number of amides is 1. The number of nitrogens with one attached hydrogen (secondary N) is 1. The van der Waals surface area contributed by atoms with Crippen LogP contribution in [0.15, 0.2) is 41.8 Å². The minimum atomic E-state index is -0.512. The summed E-state index contributed by atoms with van der Waals surface area (Å²) in [6.45, 7) is 5.26. The van der Waals surface area contributed by atoms with Crippen molar-refractivity contribution in [3.05, 3.63) is 68.7 Å². The van der Waals surface area contributed by atoms with E-state index < -0.39 is 10.8 Å². The molecule has 2 aromatic carbocycles. The second-order valence-electron chi connectivity index (χ2n) is 6.31. The number of hydrogen-bond donors (Lipinski definition) is 1. The van der Waals surface area contributed by atoms with Crippen molar-refractivity contribution in [1.82, 2.24) is 4.98 Å². The molecule has 8 heteroatoms. The van der Waals surface area contributed by atoms with E-state index in [0.29, 0.717) is 11.3 Å². The largest absolute Gasteiger partial charge is 0.484 e. The number of thiazole rings is 1. The van der Waals surface area contributed by atoms with Gasteiger partial charge in [0.2, 0.25) is 0 Å². The number of carbonyl (C=O) groups is 1. The van der Waals surface area contributed by atoms with Crippen LogP contribution in [0.3, 0.4) is 0 Å². The number of aromatic nitrogens is 1. The average molecular weight is 397 g/mol. The Morgan fingerprint density at radius 3 is 2.50 bits per heavy atom. The monoisotopic (exact) mass is 397 g/mol. The molecule has 1 N–H and O–H groups in total. The molecule has 1 amide bonds. The van der Waals surface area contributed by atoms with Crippen molar-refractivity contribution in [2.75, 3.05) is 11.9 Å². The summed E-state index contributed by atoms with van der Waals surface area (Å²) in [5.74, 6) is 0.0686. The molecule has 0 aliphatic carbocycles. The zero-order valence-electron chi connectivity index (χ0n) is 15.7. The molecule has 0 bridgehead atoms. The number of aryl methyl sites for hydroxylation is 2. The summed E-state index contributed by atoms with van der Waals surface area (Å²) in [4.78, 5) is 27.4. The van der Waals surface area contributed by atoms with Crippen molar-refractivity contribution in [1.29, 1.82) is 0 Å². The lowest BCUT2D eigenvalue weighted by Crippen LogP contribution is -2.21. The molecule has 0 saturated heterocycles. The highest BCUT2D eigenvalue weighted by Gasteiger charge is 2.19. The van der Waals surface area contributed by atoms with Gasteiger partial charge in [-0.25, -0.2) is 4.98 Å². The maximum Gasteiger partial charge on any atom is 0.293 e. The summed E-state index contributed by atoms with van der Waals surface area (Å²) < 4.78 is 5.51. The number of rotatable bonds is 6. The second kappa shape index (κ2) is 8.18. The van der Waals surface area contributed by atoms with Gasteiger partial charge in [0.05, 0.1) is 4.92 Å². The normalized spacial score (nSPS) is 10.5. The van der Waals surface area contributed by atoms with Gasteiger partial charge in [-0.15, -0.1) is 11.3 Å². The minimum Gasteiger partial charge on any atom is -0.484 e. The van der Waals surface area contributed by atoms with E-state index in [-0.39, 0.29) is 18.0 Å². The van der Waals surface area contributed by atoms with Crippen LogP contribution in [-0.4, -0.2) is 22.4 Å². The molecule has 0 aliphatic heterocycles. The first-order valence-electron chi connectivity index (χ1n) is 8.55. The predicted octanol–water partition coefficient (Wildman–Crippen LogP) is 4.66. The molecule has 3 aromatic rings. The van der Waals surface area contributed by atoms with Gasteiger partial charge < -0.3 is 10.1 Å². The quantitative estimate of drug-likeness (QED) is 0.482. The highest BCUT2D eigenvalue weighted by atomic mass is 32.1. The molecule has 144 valence electrons. The van der Waals surface area contributed by atoms with Crippen LogP contribution in [0.25, 0.3) is 10.6 Å². The van der Waals surface area contributed by atoms with E-state index in [2.05, 4.69) is 10.3 Å². The molecule has 28 heavy (non-hydrogen) atoms. The van der Waals surface area contributed by atoms with Crippen LogP contribution >= 0.6 is 11.3 Å². The van der Waals surface area contributed by atoms with E-state index in [9.17, 15) is 14.9 Å². The van der Waals surface area contributed by atoms with Gasteiger partial charge in [-0.2, -0.15) is 0 Å². The van der Waals surface area contributed by atoms with Crippen LogP contribution in [0.4, 0.5) is 11.4 Å². The molecule has 7 nitrogen and oxygen atoms in total. The predicted molar refractivity (Wildman–Crippen MR) is 109 cm³/mol. The van der Waals surface area contributed by atoms with E-state index in [4.69, 9.17) is 4.74 Å². The Bertz CT molecular complexity index is 1030. The minimum absolute atomic E-state index is 0.139. The van der Waals surface area contributed by atoms with Gasteiger partial charge in [-0.05, 0) is 56.2 Å². The van der Waals surface area contributed by atoms with E-state index >= 15 is 0 Å². The number of carbonyl (C=O) groups excluding carboxylic acids is 1. The summed E-state index contributed by atoms with van der Waals surface area (Å²) in [6, 6.07) is 10.3. The molecule has 1 heterocycles. The van der Waals surface area contributed by atoms with Crippen LogP contribution in [-0.2, 0) is 4.79 Å². The molecule has 1 aromatic heterocycles. The smallest absolute Gasteiger partial charge is 0.293 e. The summed E-state index contributed by atoms with van der Waals surface area (Å²) in [5.41, 5.74) is 3.52. The zero-order chi connectivity index (χ0) is 20.3. The number of nitro benzene ring substituents is 1. The first kappa shape index (κ1) is 19.5. The molecule has 0 unspecified atom stereocenters. The molecule has 0 spiro atoms. The third-order valence-electron chi connectivity index (χ3n) is 4.27. The van der Waals surface area contributed by atoms with Crippen LogP contribution in [0.1, 0.15) is 16.8 Å². The first-order valence-corrected chi connectivity index (χ1v) is 9.43. The molecular weight excluding hydrogens is 378 g/mol. The molecule has 0 saturated carbocycles. The molecule has 3 rings (SSSR count). The highest BCUT2D eigenvalue weighted by Crippen LogP contribution is 2.30. The lowest BCUT2D eigenvalue weighted by molar-refractivity contribution is -0.384. The number of ether oxygens (including phenoxy) is 1. The maximum atomic E-state index is 12.2. The van der Waals surface area contributed by atoms with Gasteiger partial charge in [-0.3, -0.25) is 14.9 Å². The maximum absolute atomic E-state index is 12.2. The molecule has 0 fully saturated rings. The van der Waals surface area contributed by atoms with Crippen molar-refractivity contribution in [2.45, 2.75) is 20.8 Å². The number of nitro groups is 1.